The lowest BCUT2D eigenvalue weighted by molar-refractivity contribution is 0.0691. The van der Waals surface area contributed by atoms with E-state index in [2.05, 4.69) is 10.6 Å². The molecule has 2 rings (SSSR count). The first-order chi connectivity index (χ1) is 8.22. The molecule has 17 heavy (non-hydrogen) atoms. The minimum atomic E-state index is -0.961. The molecule has 1 unspecified atom stereocenters. The van der Waals surface area contributed by atoms with E-state index >= 15 is 0 Å². The summed E-state index contributed by atoms with van der Waals surface area (Å²) in [7, 11) is 1.90. The van der Waals surface area contributed by atoms with Crippen LogP contribution in [-0.2, 0) is 0 Å². The average Bonchev–Trinajstić information content (AvgIpc) is 2.35. The zero-order valence-electron chi connectivity index (χ0n) is 9.69. The normalized spacial score (nSPS) is 17.8. The summed E-state index contributed by atoms with van der Waals surface area (Å²) in [4.78, 5) is 11.0. The Balaban J connectivity index is 2.16. The third-order valence-corrected chi connectivity index (χ3v) is 2.78. The number of hydrogen-bond donors (Lipinski definition) is 3. The predicted octanol–water partition coefficient (Wildman–Crippen LogP) is 1.17. The van der Waals surface area contributed by atoms with Crippen LogP contribution in [0.2, 0.25) is 0 Å². The summed E-state index contributed by atoms with van der Waals surface area (Å²) in [5.74, 6) is -0.516. The van der Waals surface area contributed by atoms with Crippen molar-refractivity contribution in [3.05, 3.63) is 23.8 Å². The van der Waals surface area contributed by atoms with E-state index in [4.69, 9.17) is 9.84 Å². The summed E-state index contributed by atoms with van der Waals surface area (Å²) in [5.41, 5.74) is 0.972. The summed E-state index contributed by atoms with van der Waals surface area (Å²) in [6.07, 6.45) is 0.938. The van der Waals surface area contributed by atoms with E-state index in [0.29, 0.717) is 12.4 Å². The number of anilines is 1. The third-order valence-electron chi connectivity index (χ3n) is 2.78. The highest BCUT2D eigenvalue weighted by Gasteiger charge is 2.23. The van der Waals surface area contributed by atoms with Gasteiger partial charge in [0.15, 0.2) is 5.75 Å². The van der Waals surface area contributed by atoms with Crippen LogP contribution in [0.25, 0.3) is 0 Å². The minimum absolute atomic E-state index is 0.210. The van der Waals surface area contributed by atoms with Crippen LogP contribution in [0.15, 0.2) is 18.2 Å². The Morgan fingerprint density at radius 2 is 2.47 bits per heavy atom. The number of para-hydroxylation sites is 1. The molecule has 1 aliphatic heterocycles. The fourth-order valence-electron chi connectivity index (χ4n) is 1.89. The minimum Gasteiger partial charge on any atom is -0.488 e. The maximum atomic E-state index is 11.0. The van der Waals surface area contributed by atoms with Crippen LogP contribution in [-0.4, -0.2) is 37.3 Å². The second kappa shape index (κ2) is 5.05. The molecule has 0 spiro atoms. The molecule has 5 heteroatoms. The van der Waals surface area contributed by atoms with E-state index in [1.54, 1.807) is 12.1 Å². The molecule has 0 amide bonds. The van der Waals surface area contributed by atoms with Crippen molar-refractivity contribution in [2.75, 3.05) is 25.5 Å². The van der Waals surface area contributed by atoms with Gasteiger partial charge in [-0.05, 0) is 32.1 Å². The number of carboxylic acids is 1. The number of nitrogens with one attached hydrogen (secondary N) is 2. The van der Waals surface area contributed by atoms with Crippen LogP contribution in [0.1, 0.15) is 16.8 Å². The van der Waals surface area contributed by atoms with Gasteiger partial charge in [0.2, 0.25) is 0 Å². The first-order valence-corrected chi connectivity index (χ1v) is 5.62. The van der Waals surface area contributed by atoms with Crippen LogP contribution >= 0.6 is 0 Å². The molecule has 5 nitrogen and oxygen atoms in total. The Morgan fingerprint density at radius 1 is 1.65 bits per heavy atom. The predicted molar refractivity (Wildman–Crippen MR) is 64.9 cm³/mol. The molecule has 0 saturated carbocycles. The highest BCUT2D eigenvalue weighted by atomic mass is 16.5. The number of aromatic carboxylic acids is 1. The Kier molecular flexibility index (Phi) is 3.49. The smallest absolute Gasteiger partial charge is 0.339 e. The molecule has 1 aromatic carbocycles. The molecule has 0 radical (unpaired) electrons. The molecule has 0 aromatic heterocycles. The largest absolute Gasteiger partial charge is 0.488 e. The van der Waals surface area contributed by atoms with Gasteiger partial charge in [0.25, 0.3) is 0 Å². The Bertz CT molecular complexity index is 420. The van der Waals surface area contributed by atoms with Crippen molar-refractivity contribution in [3.8, 4) is 5.75 Å². The van der Waals surface area contributed by atoms with Crippen molar-refractivity contribution in [2.45, 2.75) is 12.5 Å². The number of fused-ring (bicyclic) bond motifs is 1. The molecule has 1 atom stereocenters. The van der Waals surface area contributed by atoms with Gasteiger partial charge in [-0.1, -0.05) is 6.07 Å². The topological polar surface area (TPSA) is 70.6 Å². The fraction of sp³-hybridized carbons (Fsp3) is 0.417. The van der Waals surface area contributed by atoms with Crippen LogP contribution in [0.3, 0.4) is 0 Å². The van der Waals surface area contributed by atoms with E-state index in [9.17, 15) is 4.79 Å². The Morgan fingerprint density at radius 3 is 3.18 bits per heavy atom. The summed E-state index contributed by atoms with van der Waals surface area (Å²) in [5, 5.41) is 15.4. The number of ether oxygens (including phenoxy) is 1. The Labute approximate surface area is 99.8 Å². The SMILES string of the molecule is CNCCC1COc2c(cccc2C(=O)O)N1. The number of benzene rings is 1. The third kappa shape index (κ3) is 2.50. The monoisotopic (exact) mass is 236 g/mol. The molecule has 1 aromatic rings. The van der Waals surface area contributed by atoms with E-state index in [0.717, 1.165) is 18.7 Å². The average molecular weight is 236 g/mol. The molecule has 0 saturated heterocycles. The number of carboxylic acid groups (broad SMARTS) is 1. The van der Waals surface area contributed by atoms with Crippen molar-refractivity contribution >= 4 is 11.7 Å². The van der Waals surface area contributed by atoms with Crippen molar-refractivity contribution in [3.63, 3.8) is 0 Å². The standard InChI is InChI=1S/C12H16N2O3/c1-13-6-5-8-7-17-11-9(12(15)16)3-2-4-10(11)14-8/h2-4,8,13-14H,5-7H2,1H3,(H,15,16). The van der Waals surface area contributed by atoms with Crippen molar-refractivity contribution in [1.82, 2.24) is 5.32 Å². The lowest BCUT2D eigenvalue weighted by atomic mass is 10.1. The van der Waals surface area contributed by atoms with Crippen LogP contribution in [0.5, 0.6) is 5.75 Å². The zero-order valence-corrected chi connectivity index (χ0v) is 9.69. The lowest BCUT2D eigenvalue weighted by Gasteiger charge is -2.28. The van der Waals surface area contributed by atoms with Gasteiger partial charge in [0, 0.05) is 0 Å². The van der Waals surface area contributed by atoms with Crippen molar-refractivity contribution < 1.29 is 14.6 Å². The summed E-state index contributed by atoms with van der Waals surface area (Å²) < 4.78 is 5.55. The molecule has 0 bridgehead atoms. The highest BCUT2D eigenvalue weighted by Crippen LogP contribution is 2.33. The lowest BCUT2D eigenvalue weighted by Crippen LogP contribution is -2.34. The fourth-order valence-corrected chi connectivity index (χ4v) is 1.89. The second-order valence-corrected chi connectivity index (χ2v) is 4.03. The molecule has 1 heterocycles. The van der Waals surface area contributed by atoms with E-state index in [1.165, 1.54) is 0 Å². The first-order valence-electron chi connectivity index (χ1n) is 5.62. The molecule has 3 N–H and O–H groups in total. The van der Waals surface area contributed by atoms with Crippen molar-refractivity contribution in [2.24, 2.45) is 0 Å². The Hall–Kier alpha value is -1.75. The molecule has 0 fully saturated rings. The molecule has 0 aliphatic carbocycles. The van der Waals surface area contributed by atoms with Crippen LogP contribution in [0, 0.1) is 0 Å². The maximum Gasteiger partial charge on any atom is 0.339 e. The number of rotatable bonds is 4. The number of hydrogen-bond acceptors (Lipinski definition) is 4. The zero-order chi connectivity index (χ0) is 12.3. The van der Waals surface area contributed by atoms with E-state index in [1.807, 2.05) is 13.1 Å². The molecule has 92 valence electrons. The summed E-state index contributed by atoms with van der Waals surface area (Å²) in [6, 6.07) is 5.34. The first kappa shape index (κ1) is 11.7. The molecular weight excluding hydrogens is 220 g/mol. The van der Waals surface area contributed by atoms with Gasteiger partial charge in [0.1, 0.15) is 12.2 Å². The van der Waals surface area contributed by atoms with Gasteiger partial charge in [-0.15, -0.1) is 0 Å². The van der Waals surface area contributed by atoms with Crippen LogP contribution in [0.4, 0.5) is 5.69 Å². The summed E-state index contributed by atoms with van der Waals surface area (Å²) in [6.45, 7) is 1.40. The van der Waals surface area contributed by atoms with Gasteiger partial charge in [-0.2, -0.15) is 0 Å². The van der Waals surface area contributed by atoms with Gasteiger partial charge in [-0.3, -0.25) is 0 Å². The second-order valence-electron chi connectivity index (χ2n) is 4.03. The van der Waals surface area contributed by atoms with Gasteiger partial charge in [-0.25, -0.2) is 4.79 Å². The molecular formula is C12H16N2O3. The maximum absolute atomic E-state index is 11.0. The quantitative estimate of drug-likeness (QED) is 0.732. The molecule has 1 aliphatic rings. The van der Waals surface area contributed by atoms with Crippen LogP contribution < -0.4 is 15.4 Å². The van der Waals surface area contributed by atoms with E-state index < -0.39 is 5.97 Å². The number of carbonyl (C=O) groups is 1. The summed E-state index contributed by atoms with van der Waals surface area (Å²) >= 11 is 0. The van der Waals surface area contributed by atoms with Gasteiger partial charge < -0.3 is 20.5 Å². The highest BCUT2D eigenvalue weighted by molar-refractivity contribution is 5.93. The van der Waals surface area contributed by atoms with Gasteiger partial charge >= 0.3 is 5.97 Å². The van der Waals surface area contributed by atoms with Crippen molar-refractivity contribution in [1.29, 1.82) is 0 Å². The van der Waals surface area contributed by atoms with E-state index in [-0.39, 0.29) is 11.6 Å². The van der Waals surface area contributed by atoms with Gasteiger partial charge in [0.05, 0.1) is 11.7 Å².